The largest absolute Gasteiger partial charge is 0.347 e. The van der Waals surface area contributed by atoms with E-state index in [2.05, 4.69) is 33.7 Å². The first-order valence-corrected chi connectivity index (χ1v) is 6.30. The first kappa shape index (κ1) is 14.0. The van der Waals surface area contributed by atoms with E-state index in [1.54, 1.807) is 0 Å². The van der Waals surface area contributed by atoms with Crippen molar-refractivity contribution < 1.29 is 0 Å². The van der Waals surface area contributed by atoms with E-state index in [-0.39, 0.29) is 5.28 Å². The molecule has 0 saturated heterocycles. The fraction of sp³-hybridized carbons (Fsp3) is 0.727. The van der Waals surface area contributed by atoms with Crippen LogP contribution in [0.1, 0.15) is 26.7 Å². The van der Waals surface area contributed by atoms with Crippen molar-refractivity contribution in [2.75, 3.05) is 37.0 Å². The highest BCUT2D eigenvalue weighted by molar-refractivity contribution is 6.28. The minimum Gasteiger partial charge on any atom is -0.347 e. The Labute approximate surface area is 108 Å². The van der Waals surface area contributed by atoms with Crippen LogP contribution < -0.4 is 9.80 Å². The molecule has 0 N–H and O–H groups in total. The molecule has 0 aromatic carbocycles. The predicted octanol–water partition coefficient (Wildman–Crippen LogP) is 2.22. The number of halogens is 1. The van der Waals surface area contributed by atoms with E-state index in [1.807, 2.05) is 19.0 Å². The van der Waals surface area contributed by atoms with Crippen LogP contribution >= 0.6 is 11.6 Å². The Morgan fingerprint density at radius 1 is 0.941 bits per heavy atom. The number of anilines is 2. The molecule has 0 aliphatic rings. The topological polar surface area (TPSA) is 45.2 Å². The van der Waals surface area contributed by atoms with Crippen LogP contribution in [0.25, 0.3) is 0 Å². The standard InChI is InChI=1S/C11H20ClN5/c1-5-7-17(8-6-2)11-14-9(12)13-10(15-11)16(3)4/h5-8H2,1-4H3. The van der Waals surface area contributed by atoms with Crippen LogP contribution in [0.5, 0.6) is 0 Å². The molecule has 0 spiro atoms. The van der Waals surface area contributed by atoms with Crippen molar-refractivity contribution in [2.24, 2.45) is 0 Å². The summed E-state index contributed by atoms with van der Waals surface area (Å²) >= 11 is 5.92. The third-order valence-corrected chi connectivity index (χ3v) is 2.42. The lowest BCUT2D eigenvalue weighted by Crippen LogP contribution is -2.28. The first-order valence-electron chi connectivity index (χ1n) is 5.92. The van der Waals surface area contributed by atoms with Gasteiger partial charge in [0, 0.05) is 27.2 Å². The molecule has 0 unspecified atom stereocenters. The quantitative estimate of drug-likeness (QED) is 0.782. The van der Waals surface area contributed by atoms with Gasteiger partial charge in [0.05, 0.1) is 0 Å². The van der Waals surface area contributed by atoms with Crippen LogP contribution in [0.15, 0.2) is 0 Å². The highest BCUT2D eigenvalue weighted by Gasteiger charge is 2.12. The zero-order chi connectivity index (χ0) is 12.8. The molecule has 0 aliphatic carbocycles. The van der Waals surface area contributed by atoms with Crippen molar-refractivity contribution in [3.8, 4) is 0 Å². The van der Waals surface area contributed by atoms with Crippen LogP contribution in [0.4, 0.5) is 11.9 Å². The lowest BCUT2D eigenvalue weighted by Gasteiger charge is -2.22. The SMILES string of the molecule is CCCN(CCC)c1nc(Cl)nc(N(C)C)n1. The molecule has 1 rings (SSSR count). The summed E-state index contributed by atoms with van der Waals surface area (Å²) in [5.74, 6) is 1.26. The Hall–Kier alpha value is -1.10. The zero-order valence-corrected chi connectivity index (χ0v) is 11.7. The average Bonchev–Trinajstić information content (AvgIpc) is 2.28. The normalized spacial score (nSPS) is 10.4. The van der Waals surface area contributed by atoms with Gasteiger partial charge in [-0.15, -0.1) is 0 Å². The van der Waals surface area contributed by atoms with Gasteiger partial charge in [0.1, 0.15) is 0 Å². The molecule has 0 fully saturated rings. The van der Waals surface area contributed by atoms with E-state index in [1.165, 1.54) is 0 Å². The highest BCUT2D eigenvalue weighted by atomic mass is 35.5. The van der Waals surface area contributed by atoms with Crippen molar-refractivity contribution in [1.29, 1.82) is 0 Å². The molecule has 1 aromatic heterocycles. The maximum absolute atomic E-state index is 5.92. The summed E-state index contributed by atoms with van der Waals surface area (Å²) < 4.78 is 0. The summed E-state index contributed by atoms with van der Waals surface area (Å²) in [5, 5.41) is 0.246. The van der Waals surface area contributed by atoms with E-state index in [0.29, 0.717) is 11.9 Å². The molecule has 1 heterocycles. The number of rotatable bonds is 6. The summed E-state index contributed by atoms with van der Waals surface area (Å²) in [5.41, 5.74) is 0. The van der Waals surface area contributed by atoms with Crippen molar-refractivity contribution in [2.45, 2.75) is 26.7 Å². The third kappa shape index (κ3) is 4.00. The highest BCUT2D eigenvalue weighted by Crippen LogP contribution is 2.15. The van der Waals surface area contributed by atoms with Crippen LogP contribution in [0.3, 0.4) is 0 Å². The van der Waals surface area contributed by atoms with Crippen molar-refractivity contribution >= 4 is 23.5 Å². The molecule has 0 saturated carbocycles. The molecule has 0 bridgehead atoms. The van der Waals surface area contributed by atoms with Crippen molar-refractivity contribution in [3.05, 3.63) is 5.28 Å². The summed E-state index contributed by atoms with van der Waals surface area (Å²) in [6.07, 6.45) is 2.11. The van der Waals surface area contributed by atoms with Gasteiger partial charge >= 0.3 is 0 Å². The van der Waals surface area contributed by atoms with Crippen molar-refractivity contribution in [1.82, 2.24) is 15.0 Å². The van der Waals surface area contributed by atoms with E-state index in [0.717, 1.165) is 25.9 Å². The maximum Gasteiger partial charge on any atom is 0.231 e. The molecular weight excluding hydrogens is 238 g/mol. The van der Waals surface area contributed by atoms with Gasteiger partial charge in [-0.05, 0) is 24.4 Å². The van der Waals surface area contributed by atoms with Gasteiger partial charge in [0.15, 0.2) is 0 Å². The maximum atomic E-state index is 5.92. The molecule has 96 valence electrons. The molecule has 0 radical (unpaired) electrons. The number of aromatic nitrogens is 3. The van der Waals surface area contributed by atoms with E-state index < -0.39 is 0 Å². The summed E-state index contributed by atoms with van der Waals surface area (Å²) in [4.78, 5) is 16.7. The minimum atomic E-state index is 0.246. The molecule has 17 heavy (non-hydrogen) atoms. The van der Waals surface area contributed by atoms with Gasteiger partial charge in [0.25, 0.3) is 0 Å². The fourth-order valence-corrected chi connectivity index (χ4v) is 1.67. The Bertz CT molecular complexity index is 350. The Morgan fingerprint density at radius 2 is 1.47 bits per heavy atom. The second kappa shape index (κ2) is 6.59. The van der Waals surface area contributed by atoms with Crippen LogP contribution in [0, 0.1) is 0 Å². The van der Waals surface area contributed by atoms with Gasteiger partial charge < -0.3 is 9.80 Å². The summed E-state index contributed by atoms with van der Waals surface area (Å²) in [6.45, 7) is 6.14. The van der Waals surface area contributed by atoms with Gasteiger partial charge in [-0.25, -0.2) is 0 Å². The number of nitrogens with zero attached hydrogens (tertiary/aromatic N) is 5. The molecule has 0 aliphatic heterocycles. The molecule has 6 heteroatoms. The molecule has 1 aromatic rings. The molecule has 0 atom stereocenters. The number of hydrogen-bond donors (Lipinski definition) is 0. The lowest BCUT2D eigenvalue weighted by atomic mass is 10.4. The van der Waals surface area contributed by atoms with Gasteiger partial charge in [-0.2, -0.15) is 15.0 Å². The van der Waals surface area contributed by atoms with Crippen molar-refractivity contribution in [3.63, 3.8) is 0 Å². The van der Waals surface area contributed by atoms with Gasteiger partial charge in [-0.1, -0.05) is 13.8 Å². The zero-order valence-electron chi connectivity index (χ0n) is 10.9. The Morgan fingerprint density at radius 3 is 1.94 bits per heavy atom. The Kier molecular flexibility index (Phi) is 5.41. The minimum absolute atomic E-state index is 0.246. The van der Waals surface area contributed by atoms with E-state index in [9.17, 15) is 0 Å². The van der Waals surface area contributed by atoms with Crippen LogP contribution in [-0.2, 0) is 0 Å². The monoisotopic (exact) mass is 257 g/mol. The lowest BCUT2D eigenvalue weighted by molar-refractivity contribution is 0.716. The van der Waals surface area contributed by atoms with Crippen LogP contribution in [-0.4, -0.2) is 42.1 Å². The molecule has 0 amide bonds. The fourth-order valence-electron chi connectivity index (χ4n) is 1.52. The third-order valence-electron chi connectivity index (χ3n) is 2.25. The van der Waals surface area contributed by atoms with E-state index in [4.69, 9.17) is 11.6 Å². The number of hydrogen-bond acceptors (Lipinski definition) is 5. The average molecular weight is 258 g/mol. The smallest absolute Gasteiger partial charge is 0.231 e. The predicted molar refractivity (Wildman–Crippen MR) is 72.0 cm³/mol. The molecular formula is C11H20ClN5. The van der Waals surface area contributed by atoms with E-state index >= 15 is 0 Å². The van der Waals surface area contributed by atoms with Crippen LogP contribution in [0.2, 0.25) is 5.28 Å². The first-order chi connectivity index (χ1) is 8.08. The Balaban J connectivity index is 3.00. The van der Waals surface area contributed by atoms with Gasteiger partial charge in [0.2, 0.25) is 17.2 Å². The second-order valence-corrected chi connectivity index (χ2v) is 4.42. The second-order valence-electron chi connectivity index (χ2n) is 4.09. The molecule has 5 nitrogen and oxygen atoms in total. The summed E-state index contributed by atoms with van der Waals surface area (Å²) in [7, 11) is 3.78. The van der Waals surface area contributed by atoms with Gasteiger partial charge in [-0.3, -0.25) is 0 Å². The summed E-state index contributed by atoms with van der Waals surface area (Å²) in [6, 6.07) is 0.